The van der Waals surface area contributed by atoms with Crippen molar-refractivity contribution in [3.8, 4) is 11.5 Å². The minimum Gasteiger partial charge on any atom is -0.507 e. The first kappa shape index (κ1) is 25.3. The Morgan fingerprint density at radius 1 is 1.00 bits per heavy atom. The van der Waals surface area contributed by atoms with Gasteiger partial charge in [0.1, 0.15) is 17.8 Å². The van der Waals surface area contributed by atoms with Gasteiger partial charge in [0.2, 0.25) is 0 Å². The third-order valence-corrected chi connectivity index (χ3v) is 5.58. The highest BCUT2D eigenvalue weighted by Crippen LogP contribution is 2.44. The maximum absolute atomic E-state index is 12.3. The van der Waals surface area contributed by atoms with Gasteiger partial charge < -0.3 is 19.0 Å². The number of aromatic nitrogens is 1. The largest absolute Gasteiger partial charge is 0.514 e. The summed E-state index contributed by atoms with van der Waals surface area (Å²) in [7, 11) is 0. The van der Waals surface area contributed by atoms with Crippen LogP contribution in [-0.2, 0) is 15.6 Å². The zero-order chi connectivity index (χ0) is 25.3. The van der Waals surface area contributed by atoms with Crippen LogP contribution in [0.2, 0.25) is 0 Å². The molecule has 0 aliphatic carbocycles. The number of hydrogen-bond donors (Lipinski definition) is 1. The van der Waals surface area contributed by atoms with Gasteiger partial charge in [-0.1, -0.05) is 71.9 Å². The average Bonchev–Trinajstić information content (AvgIpc) is 3.22. The van der Waals surface area contributed by atoms with Crippen LogP contribution in [0.3, 0.4) is 0 Å². The number of nitrogens with zero attached hydrogens (tertiary/aromatic N) is 1. The van der Waals surface area contributed by atoms with Gasteiger partial charge in [0.25, 0.3) is 0 Å². The first-order valence-electron chi connectivity index (χ1n) is 11.5. The number of aromatic hydroxyl groups is 1. The van der Waals surface area contributed by atoms with Gasteiger partial charge in [-0.25, -0.2) is 9.78 Å². The molecular formula is C28H35NO5. The van der Waals surface area contributed by atoms with E-state index in [1.807, 2.05) is 24.3 Å². The van der Waals surface area contributed by atoms with Gasteiger partial charge in [-0.3, -0.25) is 0 Å². The smallest absolute Gasteiger partial charge is 0.507 e. The second-order valence-corrected chi connectivity index (χ2v) is 10.9. The lowest BCUT2D eigenvalue weighted by molar-refractivity contribution is 0.0726. The van der Waals surface area contributed by atoms with E-state index in [9.17, 15) is 9.90 Å². The summed E-state index contributed by atoms with van der Waals surface area (Å²) in [6.07, 6.45) is 1.91. The molecule has 0 amide bonds. The molecule has 1 heterocycles. The molecule has 182 valence electrons. The van der Waals surface area contributed by atoms with Gasteiger partial charge in [0.15, 0.2) is 6.39 Å². The summed E-state index contributed by atoms with van der Waals surface area (Å²) in [4.78, 5) is 16.8. The van der Waals surface area contributed by atoms with Gasteiger partial charge in [-0.05, 0) is 47.4 Å². The molecule has 0 bridgehead atoms. The molecule has 6 heteroatoms. The summed E-state index contributed by atoms with van der Waals surface area (Å²) in [5.41, 5.74) is 3.38. The van der Waals surface area contributed by atoms with Crippen LogP contribution in [0.15, 0.2) is 53.5 Å². The molecule has 0 saturated heterocycles. The van der Waals surface area contributed by atoms with E-state index in [1.54, 1.807) is 32.2 Å². The predicted octanol–water partition coefficient (Wildman–Crippen LogP) is 7.08. The normalized spacial score (nSPS) is 13.1. The highest BCUT2D eigenvalue weighted by molar-refractivity contribution is 5.66. The molecule has 0 radical (unpaired) electrons. The number of benzene rings is 2. The number of oxazole rings is 1. The highest BCUT2D eigenvalue weighted by Gasteiger charge is 2.31. The average molecular weight is 466 g/mol. The Bertz CT molecular complexity index is 1100. The monoisotopic (exact) mass is 465 g/mol. The number of para-hydroxylation sites is 1. The Kier molecular flexibility index (Phi) is 7.10. The highest BCUT2D eigenvalue weighted by atomic mass is 16.7. The van der Waals surface area contributed by atoms with Crippen molar-refractivity contribution < 1.29 is 23.8 Å². The Balaban J connectivity index is 2.26. The van der Waals surface area contributed by atoms with E-state index in [1.165, 1.54) is 6.39 Å². The zero-order valence-electron chi connectivity index (χ0n) is 21.3. The Morgan fingerprint density at radius 2 is 1.59 bits per heavy atom. The molecule has 1 aromatic heterocycles. The molecule has 0 aliphatic rings. The van der Waals surface area contributed by atoms with Crippen LogP contribution in [0.4, 0.5) is 4.79 Å². The number of hydrogen-bond acceptors (Lipinski definition) is 6. The first-order valence-corrected chi connectivity index (χ1v) is 11.5. The fourth-order valence-corrected chi connectivity index (χ4v) is 3.96. The predicted molar refractivity (Wildman–Crippen MR) is 132 cm³/mol. The third-order valence-electron chi connectivity index (χ3n) is 5.58. The Morgan fingerprint density at radius 3 is 2.09 bits per heavy atom. The van der Waals surface area contributed by atoms with Crippen molar-refractivity contribution >= 4 is 6.16 Å². The fourth-order valence-electron chi connectivity index (χ4n) is 3.96. The minimum atomic E-state index is -0.766. The molecule has 1 atom stereocenters. The first-order chi connectivity index (χ1) is 15.8. The number of phenols is 1. The molecule has 3 rings (SSSR count). The second kappa shape index (κ2) is 9.53. The van der Waals surface area contributed by atoms with Crippen LogP contribution in [0.1, 0.15) is 89.3 Å². The summed E-state index contributed by atoms with van der Waals surface area (Å²) in [5.74, 6) is 0.279. The number of ether oxygens (including phenoxy) is 2. The van der Waals surface area contributed by atoms with E-state index in [0.717, 1.165) is 22.3 Å². The second-order valence-electron chi connectivity index (χ2n) is 10.9. The molecule has 0 saturated carbocycles. The molecule has 3 aromatic rings. The van der Waals surface area contributed by atoms with Crippen molar-refractivity contribution in [1.29, 1.82) is 0 Å². The zero-order valence-corrected chi connectivity index (χ0v) is 21.3. The van der Waals surface area contributed by atoms with Gasteiger partial charge in [-0.2, -0.15) is 0 Å². The lowest BCUT2D eigenvalue weighted by Gasteiger charge is -2.30. The maximum Gasteiger partial charge on any atom is 0.514 e. The van der Waals surface area contributed by atoms with Crippen LogP contribution in [0.25, 0.3) is 0 Å². The SMILES string of the molecule is CC(C)OC(=O)Oc1ccccc1C(c1cc(C(C)(C)C)c(O)c(C(C)(C)C)c1)c1cocn1. The van der Waals surface area contributed by atoms with Crippen LogP contribution >= 0.6 is 0 Å². The molecule has 0 spiro atoms. The number of carbonyl (C=O) groups excluding carboxylic acids is 1. The van der Waals surface area contributed by atoms with Crippen molar-refractivity contribution in [3.63, 3.8) is 0 Å². The number of phenolic OH excluding ortho intramolecular Hbond substituents is 1. The van der Waals surface area contributed by atoms with Crippen LogP contribution < -0.4 is 4.74 Å². The quantitative estimate of drug-likeness (QED) is 0.320. The van der Waals surface area contributed by atoms with Gasteiger partial charge in [0, 0.05) is 5.56 Å². The van der Waals surface area contributed by atoms with Gasteiger partial charge >= 0.3 is 6.16 Å². The van der Waals surface area contributed by atoms with Crippen LogP contribution in [0.5, 0.6) is 11.5 Å². The minimum absolute atomic E-state index is 0.299. The lowest BCUT2D eigenvalue weighted by atomic mass is 9.75. The van der Waals surface area contributed by atoms with Crippen molar-refractivity contribution in [2.45, 2.75) is 78.2 Å². The van der Waals surface area contributed by atoms with E-state index in [2.05, 4.69) is 46.5 Å². The number of carbonyl (C=O) groups is 1. The van der Waals surface area contributed by atoms with Gasteiger partial charge in [0.05, 0.1) is 17.7 Å². The molecule has 6 nitrogen and oxygen atoms in total. The standard InChI is InChI=1S/C28H35NO5/c1-17(2)33-26(31)34-23-12-10-9-11-19(23)24(22-15-32-16-29-22)18-13-20(27(3,4)5)25(30)21(14-18)28(6,7)8/h9-17,24,30H,1-8H3. The van der Waals surface area contributed by atoms with Crippen molar-refractivity contribution in [2.75, 3.05) is 0 Å². The third kappa shape index (κ3) is 5.61. The lowest BCUT2D eigenvalue weighted by Crippen LogP contribution is -2.20. The van der Waals surface area contributed by atoms with E-state index in [0.29, 0.717) is 17.2 Å². The summed E-state index contributed by atoms with van der Waals surface area (Å²) in [6.45, 7) is 16.0. The molecule has 0 aliphatic heterocycles. The summed E-state index contributed by atoms with van der Waals surface area (Å²) in [5, 5.41) is 11.2. The summed E-state index contributed by atoms with van der Waals surface area (Å²) in [6, 6.07) is 11.3. The maximum atomic E-state index is 12.3. The van der Waals surface area contributed by atoms with Crippen LogP contribution in [0, 0.1) is 0 Å². The van der Waals surface area contributed by atoms with Gasteiger partial charge in [-0.15, -0.1) is 0 Å². The molecule has 1 unspecified atom stereocenters. The topological polar surface area (TPSA) is 81.8 Å². The van der Waals surface area contributed by atoms with E-state index >= 15 is 0 Å². The molecule has 0 fully saturated rings. The molecule has 1 N–H and O–H groups in total. The summed E-state index contributed by atoms with van der Waals surface area (Å²) < 4.78 is 16.1. The molecule has 2 aromatic carbocycles. The molecule has 34 heavy (non-hydrogen) atoms. The van der Waals surface area contributed by atoms with E-state index in [4.69, 9.17) is 13.9 Å². The Labute approximate surface area is 201 Å². The Hall–Kier alpha value is -3.28. The van der Waals surface area contributed by atoms with Crippen molar-refractivity contribution in [2.24, 2.45) is 0 Å². The summed E-state index contributed by atoms with van der Waals surface area (Å²) >= 11 is 0. The molecular weight excluding hydrogens is 430 g/mol. The van der Waals surface area contributed by atoms with Crippen LogP contribution in [-0.4, -0.2) is 22.3 Å². The van der Waals surface area contributed by atoms with E-state index < -0.39 is 12.1 Å². The van der Waals surface area contributed by atoms with Crippen molar-refractivity contribution in [1.82, 2.24) is 4.98 Å². The number of rotatable bonds is 5. The van der Waals surface area contributed by atoms with E-state index in [-0.39, 0.29) is 16.9 Å². The van der Waals surface area contributed by atoms with Crippen molar-refractivity contribution in [3.05, 3.63) is 77.0 Å². The fraction of sp³-hybridized carbons (Fsp3) is 0.429.